The molecule has 1 aromatic rings. The second-order valence-corrected chi connectivity index (χ2v) is 9.00. The number of likely N-dealkylation sites (tertiary alicyclic amines) is 1. The van der Waals surface area contributed by atoms with E-state index in [0.717, 1.165) is 6.42 Å². The molecule has 2 N–H and O–H groups in total. The molecule has 8 heteroatoms. The number of hydrogen-bond donors (Lipinski definition) is 1. The van der Waals surface area contributed by atoms with Gasteiger partial charge in [-0.3, -0.25) is 4.79 Å². The van der Waals surface area contributed by atoms with Crippen LogP contribution in [0.2, 0.25) is 0 Å². The zero-order chi connectivity index (χ0) is 17.4. The standard InChI is InChI=1S/C17H25N3O3S.ClH/c1-17(12-18)9-11-19(13-17)16(21)15-8-5-10-20(15)24(22,23)14-6-3-2-4-7-14;/h2-4,6-7,15H,5,8-13,18H2,1H3;1H. The molecule has 140 valence electrons. The summed E-state index contributed by atoms with van der Waals surface area (Å²) in [5, 5.41) is 0. The third-order valence-corrected chi connectivity index (χ3v) is 7.12. The highest BCUT2D eigenvalue weighted by Crippen LogP contribution is 2.32. The number of sulfonamides is 1. The van der Waals surface area contributed by atoms with E-state index in [1.54, 1.807) is 35.2 Å². The van der Waals surface area contributed by atoms with Crippen LogP contribution in [-0.2, 0) is 14.8 Å². The van der Waals surface area contributed by atoms with Crippen LogP contribution in [-0.4, -0.2) is 55.8 Å². The van der Waals surface area contributed by atoms with Gasteiger partial charge in [0.1, 0.15) is 6.04 Å². The zero-order valence-electron chi connectivity index (χ0n) is 14.4. The van der Waals surface area contributed by atoms with Crippen LogP contribution >= 0.6 is 12.4 Å². The van der Waals surface area contributed by atoms with E-state index in [2.05, 4.69) is 6.92 Å². The molecule has 0 aliphatic carbocycles. The van der Waals surface area contributed by atoms with E-state index in [9.17, 15) is 13.2 Å². The van der Waals surface area contributed by atoms with Crippen molar-refractivity contribution in [3.63, 3.8) is 0 Å². The molecule has 2 fully saturated rings. The number of amides is 1. The zero-order valence-corrected chi connectivity index (χ0v) is 16.1. The van der Waals surface area contributed by atoms with Gasteiger partial charge in [0.05, 0.1) is 4.90 Å². The number of hydrogen-bond acceptors (Lipinski definition) is 4. The molecular weight excluding hydrogens is 362 g/mol. The van der Waals surface area contributed by atoms with Crippen LogP contribution in [0.25, 0.3) is 0 Å². The summed E-state index contributed by atoms with van der Waals surface area (Å²) in [6.45, 7) is 4.27. The molecule has 0 bridgehead atoms. The molecule has 6 nitrogen and oxygen atoms in total. The average molecular weight is 388 g/mol. The molecule has 2 heterocycles. The van der Waals surface area contributed by atoms with Gasteiger partial charge in [0.2, 0.25) is 15.9 Å². The fourth-order valence-corrected chi connectivity index (χ4v) is 5.26. The Morgan fingerprint density at radius 3 is 2.56 bits per heavy atom. The monoisotopic (exact) mass is 387 g/mol. The molecule has 2 unspecified atom stereocenters. The first-order valence-corrected chi connectivity index (χ1v) is 9.87. The Hall–Kier alpha value is -1.15. The van der Waals surface area contributed by atoms with E-state index in [1.165, 1.54) is 4.31 Å². The molecule has 2 atom stereocenters. The number of nitrogens with zero attached hydrogens (tertiary/aromatic N) is 2. The Morgan fingerprint density at radius 2 is 1.96 bits per heavy atom. The number of carbonyl (C=O) groups excluding carboxylic acids is 1. The number of benzene rings is 1. The first-order valence-electron chi connectivity index (χ1n) is 8.43. The van der Waals surface area contributed by atoms with Gasteiger partial charge in [0, 0.05) is 19.6 Å². The quantitative estimate of drug-likeness (QED) is 0.847. The highest BCUT2D eigenvalue weighted by Gasteiger charge is 2.44. The van der Waals surface area contributed by atoms with Crippen molar-refractivity contribution in [2.24, 2.45) is 11.1 Å². The van der Waals surface area contributed by atoms with Crippen LogP contribution in [0.4, 0.5) is 0 Å². The summed E-state index contributed by atoms with van der Waals surface area (Å²) in [5.74, 6) is -0.0795. The third kappa shape index (κ3) is 3.84. The van der Waals surface area contributed by atoms with E-state index < -0.39 is 16.1 Å². The number of carbonyl (C=O) groups is 1. The van der Waals surface area contributed by atoms with Crippen molar-refractivity contribution in [3.8, 4) is 0 Å². The van der Waals surface area contributed by atoms with Crippen LogP contribution in [0.3, 0.4) is 0 Å². The molecule has 3 rings (SSSR count). The second-order valence-electron chi connectivity index (χ2n) is 7.11. The van der Waals surface area contributed by atoms with Crippen molar-refractivity contribution in [1.29, 1.82) is 0 Å². The first-order chi connectivity index (χ1) is 11.4. The molecule has 25 heavy (non-hydrogen) atoms. The lowest BCUT2D eigenvalue weighted by atomic mass is 9.90. The van der Waals surface area contributed by atoms with Crippen LogP contribution in [0.1, 0.15) is 26.2 Å². The fourth-order valence-electron chi connectivity index (χ4n) is 3.59. The minimum absolute atomic E-state index is 0. The lowest BCUT2D eigenvalue weighted by Gasteiger charge is -2.28. The predicted molar refractivity (Wildman–Crippen MR) is 99.0 cm³/mol. The van der Waals surface area contributed by atoms with Crippen LogP contribution in [0.5, 0.6) is 0 Å². The Kier molecular flexibility index (Phi) is 6.14. The predicted octanol–water partition coefficient (Wildman–Crippen LogP) is 1.46. The minimum Gasteiger partial charge on any atom is -0.341 e. The molecule has 1 amide bonds. The van der Waals surface area contributed by atoms with Gasteiger partial charge in [-0.2, -0.15) is 4.31 Å². The second kappa shape index (κ2) is 7.61. The van der Waals surface area contributed by atoms with Crippen molar-refractivity contribution in [1.82, 2.24) is 9.21 Å². The van der Waals surface area contributed by atoms with Gasteiger partial charge in [-0.25, -0.2) is 8.42 Å². The maximum absolute atomic E-state index is 12.9. The molecule has 0 radical (unpaired) electrons. The van der Waals surface area contributed by atoms with Gasteiger partial charge in [-0.1, -0.05) is 25.1 Å². The van der Waals surface area contributed by atoms with Gasteiger partial charge in [-0.05, 0) is 43.4 Å². The Morgan fingerprint density at radius 1 is 1.28 bits per heavy atom. The summed E-state index contributed by atoms with van der Waals surface area (Å²) in [6, 6.07) is 7.76. The fraction of sp³-hybridized carbons (Fsp3) is 0.588. The molecule has 1 aromatic carbocycles. The third-order valence-electron chi connectivity index (χ3n) is 5.20. The molecular formula is C17H26ClN3O3S. The number of halogens is 1. The largest absolute Gasteiger partial charge is 0.341 e. The Balaban J connectivity index is 0.00000225. The van der Waals surface area contributed by atoms with Gasteiger partial charge in [-0.15, -0.1) is 12.4 Å². The highest BCUT2D eigenvalue weighted by molar-refractivity contribution is 7.89. The van der Waals surface area contributed by atoms with Crippen molar-refractivity contribution in [3.05, 3.63) is 30.3 Å². The first kappa shape index (κ1) is 20.2. The number of nitrogens with two attached hydrogens (primary N) is 1. The van der Waals surface area contributed by atoms with Crippen LogP contribution in [0, 0.1) is 5.41 Å². The molecule has 2 aliphatic heterocycles. The Bertz CT molecular complexity index is 713. The maximum atomic E-state index is 12.9. The topological polar surface area (TPSA) is 83.7 Å². The number of rotatable bonds is 4. The summed E-state index contributed by atoms with van der Waals surface area (Å²) in [7, 11) is -3.64. The van der Waals surface area contributed by atoms with Gasteiger partial charge in [0.15, 0.2) is 0 Å². The van der Waals surface area contributed by atoms with E-state index >= 15 is 0 Å². The van der Waals surface area contributed by atoms with Crippen molar-refractivity contribution in [2.75, 3.05) is 26.2 Å². The molecule has 2 saturated heterocycles. The summed E-state index contributed by atoms with van der Waals surface area (Å²) < 4.78 is 27.1. The molecule has 0 saturated carbocycles. The van der Waals surface area contributed by atoms with Crippen LogP contribution in [0.15, 0.2) is 35.2 Å². The van der Waals surface area contributed by atoms with E-state index in [0.29, 0.717) is 39.0 Å². The van der Waals surface area contributed by atoms with Gasteiger partial charge >= 0.3 is 0 Å². The molecule has 0 aromatic heterocycles. The Labute approximate surface area is 155 Å². The SMILES string of the molecule is CC1(CN)CCN(C(=O)C2CCCN2S(=O)(=O)c2ccccc2)C1.Cl. The normalized spacial score (nSPS) is 27.3. The van der Waals surface area contributed by atoms with E-state index in [4.69, 9.17) is 5.73 Å². The average Bonchev–Trinajstić information content (AvgIpc) is 3.23. The lowest BCUT2D eigenvalue weighted by Crippen LogP contribution is -2.47. The smallest absolute Gasteiger partial charge is 0.243 e. The van der Waals surface area contributed by atoms with Crippen molar-refractivity contribution >= 4 is 28.3 Å². The summed E-state index contributed by atoms with van der Waals surface area (Å²) in [4.78, 5) is 15.0. The van der Waals surface area contributed by atoms with Crippen molar-refractivity contribution < 1.29 is 13.2 Å². The maximum Gasteiger partial charge on any atom is 0.243 e. The van der Waals surface area contributed by atoms with Crippen LogP contribution < -0.4 is 5.73 Å². The minimum atomic E-state index is -3.64. The molecule has 0 spiro atoms. The van der Waals surface area contributed by atoms with Crippen molar-refractivity contribution in [2.45, 2.75) is 37.1 Å². The van der Waals surface area contributed by atoms with E-state index in [-0.39, 0.29) is 28.6 Å². The van der Waals surface area contributed by atoms with Gasteiger partial charge in [0.25, 0.3) is 0 Å². The summed E-state index contributed by atoms with van der Waals surface area (Å²) in [6.07, 6.45) is 2.17. The van der Waals surface area contributed by atoms with Gasteiger partial charge < -0.3 is 10.6 Å². The lowest BCUT2D eigenvalue weighted by molar-refractivity contribution is -0.133. The molecule has 2 aliphatic rings. The summed E-state index contributed by atoms with van der Waals surface area (Å²) >= 11 is 0. The summed E-state index contributed by atoms with van der Waals surface area (Å²) in [5.41, 5.74) is 5.75. The van der Waals surface area contributed by atoms with E-state index in [1.807, 2.05) is 0 Å². The highest BCUT2D eigenvalue weighted by atomic mass is 35.5.